The predicted octanol–water partition coefficient (Wildman–Crippen LogP) is 6.27. The summed E-state index contributed by atoms with van der Waals surface area (Å²) < 4.78 is 45.0. The summed E-state index contributed by atoms with van der Waals surface area (Å²) in [6.07, 6.45) is 8.82. The molecule has 0 bridgehead atoms. The van der Waals surface area contributed by atoms with Gasteiger partial charge in [-0.25, -0.2) is 0 Å². The van der Waals surface area contributed by atoms with Crippen LogP contribution in [0.4, 0.5) is 13.2 Å². The van der Waals surface area contributed by atoms with Gasteiger partial charge < -0.3 is 4.74 Å². The van der Waals surface area contributed by atoms with E-state index in [1.807, 2.05) is 12.3 Å². The van der Waals surface area contributed by atoms with Crippen LogP contribution in [0, 0.1) is 0 Å². The maximum atomic E-state index is 12.9. The fourth-order valence-electron chi connectivity index (χ4n) is 5.37. The summed E-state index contributed by atoms with van der Waals surface area (Å²) in [5.74, 6) is 0. The van der Waals surface area contributed by atoms with Gasteiger partial charge in [0.25, 0.3) is 0 Å². The van der Waals surface area contributed by atoms with Crippen LogP contribution in [0.2, 0.25) is 0 Å². The van der Waals surface area contributed by atoms with E-state index in [9.17, 15) is 13.2 Å². The van der Waals surface area contributed by atoms with Gasteiger partial charge in [-0.3, -0.25) is 9.97 Å². The first-order chi connectivity index (χ1) is 14.4. The number of pyridine rings is 2. The van der Waals surface area contributed by atoms with Crippen LogP contribution in [-0.2, 0) is 22.7 Å². The molecule has 6 heteroatoms. The molecule has 2 aromatic rings. The van der Waals surface area contributed by atoms with Crippen molar-refractivity contribution in [3.63, 3.8) is 0 Å². The van der Waals surface area contributed by atoms with Gasteiger partial charge in [0, 0.05) is 30.1 Å². The fourth-order valence-corrected chi connectivity index (χ4v) is 5.37. The third kappa shape index (κ3) is 4.69. The first-order valence-electron chi connectivity index (χ1n) is 11.0. The van der Waals surface area contributed by atoms with Crippen molar-refractivity contribution in [2.75, 3.05) is 6.61 Å². The van der Waals surface area contributed by atoms with E-state index >= 15 is 0 Å². The maximum absolute atomic E-state index is 12.9. The second kappa shape index (κ2) is 8.66. The SMILES string of the molecule is FC(F)(F)c1cc(CCCC[C@@]2(c3ccccn3)CCOC3(CCCC3)C2)ccn1. The first-order valence-corrected chi connectivity index (χ1v) is 11.0. The van der Waals surface area contributed by atoms with Gasteiger partial charge in [0.2, 0.25) is 0 Å². The molecule has 1 aliphatic heterocycles. The molecule has 1 atom stereocenters. The highest BCUT2D eigenvalue weighted by molar-refractivity contribution is 5.21. The molecule has 1 spiro atoms. The summed E-state index contributed by atoms with van der Waals surface area (Å²) in [5.41, 5.74) is 1.02. The average molecular weight is 419 g/mol. The van der Waals surface area contributed by atoms with Crippen molar-refractivity contribution in [1.29, 1.82) is 0 Å². The molecule has 1 saturated carbocycles. The Morgan fingerprint density at radius 1 is 0.967 bits per heavy atom. The Hall–Kier alpha value is -1.95. The average Bonchev–Trinajstić information content (AvgIpc) is 3.19. The standard InChI is InChI=1S/C24H29F3N2O/c25-24(26,27)21-17-19(9-15-29-21)7-1-3-10-22(20-8-2-6-14-28-20)13-16-30-23(18-22)11-4-5-12-23/h2,6,8-9,14-15,17H,1,3-5,7,10-13,16,18H2/t22-/m1/s1. The van der Waals surface area contributed by atoms with E-state index in [0.29, 0.717) is 12.0 Å². The molecule has 0 unspecified atom stereocenters. The lowest BCUT2D eigenvalue weighted by molar-refractivity contribution is -0.141. The smallest absolute Gasteiger partial charge is 0.375 e. The van der Waals surface area contributed by atoms with E-state index in [-0.39, 0.29) is 11.0 Å². The zero-order valence-electron chi connectivity index (χ0n) is 17.3. The maximum Gasteiger partial charge on any atom is 0.433 e. The third-order valence-corrected chi connectivity index (χ3v) is 6.86. The van der Waals surface area contributed by atoms with Crippen molar-refractivity contribution in [2.24, 2.45) is 0 Å². The van der Waals surface area contributed by atoms with Crippen molar-refractivity contribution in [1.82, 2.24) is 9.97 Å². The molecule has 1 aliphatic carbocycles. The van der Waals surface area contributed by atoms with Gasteiger partial charge in [-0.15, -0.1) is 0 Å². The summed E-state index contributed by atoms with van der Waals surface area (Å²) in [5, 5.41) is 0. The molecule has 162 valence electrons. The number of unbranched alkanes of at least 4 members (excludes halogenated alkanes) is 1. The minimum atomic E-state index is -4.39. The highest BCUT2D eigenvalue weighted by Gasteiger charge is 2.48. The van der Waals surface area contributed by atoms with E-state index in [1.165, 1.54) is 25.1 Å². The predicted molar refractivity (Wildman–Crippen MR) is 109 cm³/mol. The number of aryl methyl sites for hydroxylation is 1. The Morgan fingerprint density at radius 2 is 1.80 bits per heavy atom. The molecule has 2 aliphatic rings. The minimum absolute atomic E-state index is 0.000770. The van der Waals surface area contributed by atoms with Crippen LogP contribution in [0.15, 0.2) is 42.7 Å². The Balaban J connectivity index is 1.43. The van der Waals surface area contributed by atoms with Crippen molar-refractivity contribution in [2.45, 2.75) is 81.4 Å². The van der Waals surface area contributed by atoms with Crippen LogP contribution >= 0.6 is 0 Å². The van der Waals surface area contributed by atoms with Crippen LogP contribution in [0.25, 0.3) is 0 Å². The van der Waals surface area contributed by atoms with E-state index in [0.717, 1.165) is 57.2 Å². The second-order valence-corrected chi connectivity index (χ2v) is 8.91. The second-order valence-electron chi connectivity index (χ2n) is 8.91. The van der Waals surface area contributed by atoms with Crippen LogP contribution in [-0.4, -0.2) is 22.2 Å². The van der Waals surface area contributed by atoms with Gasteiger partial charge >= 0.3 is 6.18 Å². The van der Waals surface area contributed by atoms with Crippen molar-refractivity contribution >= 4 is 0 Å². The van der Waals surface area contributed by atoms with Crippen molar-refractivity contribution in [3.8, 4) is 0 Å². The molecule has 3 nitrogen and oxygen atoms in total. The van der Waals surface area contributed by atoms with Gasteiger partial charge in [-0.1, -0.05) is 25.3 Å². The van der Waals surface area contributed by atoms with E-state index in [1.54, 1.807) is 6.07 Å². The lowest BCUT2D eigenvalue weighted by atomic mass is 9.67. The molecular formula is C24H29F3N2O. The molecule has 4 rings (SSSR count). The first kappa shape index (κ1) is 21.3. The summed E-state index contributed by atoms with van der Waals surface area (Å²) in [4.78, 5) is 8.17. The van der Waals surface area contributed by atoms with E-state index in [2.05, 4.69) is 17.1 Å². The summed E-state index contributed by atoms with van der Waals surface area (Å²) >= 11 is 0. The van der Waals surface area contributed by atoms with Crippen molar-refractivity contribution in [3.05, 3.63) is 59.7 Å². The molecule has 1 saturated heterocycles. The Morgan fingerprint density at radius 3 is 2.53 bits per heavy atom. The number of hydrogen-bond donors (Lipinski definition) is 0. The van der Waals surface area contributed by atoms with Gasteiger partial charge in [-0.05, 0) is 74.8 Å². The van der Waals surface area contributed by atoms with Crippen LogP contribution in [0.3, 0.4) is 0 Å². The summed E-state index contributed by atoms with van der Waals surface area (Å²) in [6.45, 7) is 0.760. The van der Waals surface area contributed by atoms with Crippen LogP contribution < -0.4 is 0 Å². The Bertz CT molecular complexity index is 834. The number of nitrogens with zero attached hydrogens (tertiary/aromatic N) is 2. The highest BCUT2D eigenvalue weighted by Crippen LogP contribution is 2.50. The lowest BCUT2D eigenvalue weighted by Gasteiger charge is -2.46. The van der Waals surface area contributed by atoms with Gasteiger partial charge in [0.15, 0.2) is 0 Å². The van der Waals surface area contributed by atoms with Gasteiger partial charge in [-0.2, -0.15) is 13.2 Å². The van der Waals surface area contributed by atoms with Crippen molar-refractivity contribution < 1.29 is 17.9 Å². The lowest BCUT2D eigenvalue weighted by Crippen LogP contribution is -2.46. The molecule has 30 heavy (non-hydrogen) atoms. The normalized spacial score (nSPS) is 23.7. The molecule has 2 aromatic heterocycles. The summed E-state index contributed by atoms with van der Waals surface area (Å²) in [7, 11) is 0. The quantitative estimate of drug-likeness (QED) is 0.519. The number of halogens is 3. The number of alkyl halides is 3. The molecular weight excluding hydrogens is 389 g/mol. The molecule has 3 heterocycles. The third-order valence-electron chi connectivity index (χ3n) is 6.86. The zero-order chi connectivity index (χ0) is 21.1. The molecule has 0 amide bonds. The Labute approximate surface area is 176 Å². The zero-order valence-corrected chi connectivity index (χ0v) is 17.3. The largest absolute Gasteiger partial charge is 0.433 e. The fraction of sp³-hybridized carbons (Fsp3) is 0.583. The number of aromatic nitrogens is 2. The van der Waals surface area contributed by atoms with Crippen LogP contribution in [0.1, 0.15) is 74.7 Å². The molecule has 2 fully saturated rings. The molecule has 0 radical (unpaired) electrons. The van der Waals surface area contributed by atoms with Crippen LogP contribution in [0.5, 0.6) is 0 Å². The minimum Gasteiger partial charge on any atom is -0.375 e. The monoisotopic (exact) mass is 418 g/mol. The molecule has 0 N–H and O–H groups in total. The molecule has 0 aromatic carbocycles. The van der Waals surface area contributed by atoms with E-state index in [4.69, 9.17) is 9.72 Å². The highest BCUT2D eigenvalue weighted by atomic mass is 19.4. The number of ether oxygens (including phenoxy) is 1. The Kier molecular flexibility index (Phi) is 6.14. The van der Waals surface area contributed by atoms with E-state index < -0.39 is 11.9 Å². The number of hydrogen-bond acceptors (Lipinski definition) is 3. The topological polar surface area (TPSA) is 35.0 Å². The van der Waals surface area contributed by atoms with Gasteiger partial charge in [0.05, 0.1) is 5.60 Å². The summed E-state index contributed by atoms with van der Waals surface area (Å²) in [6, 6.07) is 8.99. The van der Waals surface area contributed by atoms with Gasteiger partial charge in [0.1, 0.15) is 5.69 Å². The number of rotatable bonds is 6.